The number of carbonyl (C=O) groups excluding carboxylic acids is 1. The van der Waals surface area contributed by atoms with Crippen molar-refractivity contribution in [1.82, 2.24) is 15.0 Å². The van der Waals surface area contributed by atoms with E-state index >= 15 is 0 Å². The minimum atomic E-state index is -0.454. The Kier molecular flexibility index (Phi) is 4.59. The second-order valence-corrected chi connectivity index (χ2v) is 8.38. The zero-order valence-electron chi connectivity index (χ0n) is 16.4. The average molecular weight is 422 g/mol. The highest BCUT2D eigenvalue weighted by molar-refractivity contribution is 6.31. The maximum absolute atomic E-state index is 12.6. The fraction of sp³-hybridized carbons (Fsp3) is 0.261. The standard InChI is InChI=1S/C23H20ClN3O3/c1-12-2-6-18-16(8-12)17-9-13(3-7-19(17)25-18)23(29)30-11-21-26-20-10-14(24)4-5-15(20)22(28)27-21/h3-5,7,9-10,12,25H,2,6,8,11H2,1H3,(H,26,27,28). The first-order valence-electron chi connectivity index (χ1n) is 9.97. The van der Waals surface area contributed by atoms with Gasteiger partial charge in [0.05, 0.1) is 16.5 Å². The van der Waals surface area contributed by atoms with E-state index in [1.807, 2.05) is 12.1 Å². The fourth-order valence-corrected chi connectivity index (χ4v) is 4.33. The van der Waals surface area contributed by atoms with Gasteiger partial charge >= 0.3 is 5.97 Å². The minimum Gasteiger partial charge on any atom is -0.454 e. The second kappa shape index (κ2) is 7.29. The fourth-order valence-electron chi connectivity index (χ4n) is 4.16. The number of aryl methyl sites for hydroxylation is 1. The van der Waals surface area contributed by atoms with Gasteiger partial charge < -0.3 is 14.7 Å². The molecular formula is C23H20ClN3O3. The molecule has 0 saturated heterocycles. The van der Waals surface area contributed by atoms with E-state index in [2.05, 4.69) is 21.9 Å². The number of aromatic amines is 2. The van der Waals surface area contributed by atoms with E-state index < -0.39 is 5.97 Å². The Morgan fingerprint density at radius 2 is 2.07 bits per heavy atom. The third-order valence-corrected chi connectivity index (χ3v) is 5.96. The molecule has 1 aliphatic rings. The van der Waals surface area contributed by atoms with Crippen molar-refractivity contribution < 1.29 is 9.53 Å². The van der Waals surface area contributed by atoms with E-state index in [1.54, 1.807) is 24.3 Å². The van der Waals surface area contributed by atoms with Gasteiger partial charge in [-0.2, -0.15) is 0 Å². The van der Waals surface area contributed by atoms with Crippen LogP contribution in [-0.2, 0) is 24.2 Å². The third-order valence-electron chi connectivity index (χ3n) is 5.73. The van der Waals surface area contributed by atoms with Crippen LogP contribution in [0.25, 0.3) is 21.8 Å². The van der Waals surface area contributed by atoms with Crippen LogP contribution in [0.15, 0.2) is 41.2 Å². The summed E-state index contributed by atoms with van der Waals surface area (Å²) in [4.78, 5) is 35.3. The molecule has 7 heteroatoms. The van der Waals surface area contributed by atoms with Gasteiger partial charge in [-0.3, -0.25) is 4.79 Å². The molecular weight excluding hydrogens is 402 g/mol. The van der Waals surface area contributed by atoms with Crippen LogP contribution in [0.1, 0.15) is 40.8 Å². The summed E-state index contributed by atoms with van der Waals surface area (Å²) in [6, 6.07) is 10.4. The first-order valence-corrected chi connectivity index (χ1v) is 10.3. The van der Waals surface area contributed by atoms with Crippen molar-refractivity contribution in [2.75, 3.05) is 0 Å². The summed E-state index contributed by atoms with van der Waals surface area (Å²) in [5.74, 6) is 0.456. The van der Waals surface area contributed by atoms with Gasteiger partial charge in [0.1, 0.15) is 12.4 Å². The van der Waals surface area contributed by atoms with Crippen LogP contribution in [0.5, 0.6) is 0 Å². The lowest BCUT2D eigenvalue weighted by molar-refractivity contribution is 0.0462. The molecule has 5 rings (SSSR count). The molecule has 2 heterocycles. The quantitative estimate of drug-likeness (QED) is 0.475. The molecule has 1 unspecified atom stereocenters. The Bertz CT molecular complexity index is 1360. The number of halogens is 1. The Morgan fingerprint density at radius 3 is 2.93 bits per heavy atom. The summed E-state index contributed by atoms with van der Waals surface area (Å²) >= 11 is 5.99. The Hall–Kier alpha value is -3.12. The molecule has 6 nitrogen and oxygen atoms in total. The Balaban J connectivity index is 1.39. The van der Waals surface area contributed by atoms with Crippen molar-refractivity contribution >= 4 is 39.4 Å². The Morgan fingerprint density at radius 1 is 1.20 bits per heavy atom. The van der Waals surface area contributed by atoms with Gasteiger partial charge in [0.25, 0.3) is 5.56 Å². The van der Waals surface area contributed by atoms with Crippen LogP contribution in [0.3, 0.4) is 0 Å². The molecule has 0 fully saturated rings. The van der Waals surface area contributed by atoms with Crippen LogP contribution in [0.2, 0.25) is 5.02 Å². The lowest BCUT2D eigenvalue weighted by atomic mass is 9.87. The van der Waals surface area contributed by atoms with Gasteiger partial charge in [0, 0.05) is 21.6 Å². The lowest BCUT2D eigenvalue weighted by Crippen LogP contribution is -2.14. The summed E-state index contributed by atoms with van der Waals surface area (Å²) in [6.07, 6.45) is 3.23. The molecule has 4 aromatic rings. The van der Waals surface area contributed by atoms with Crippen molar-refractivity contribution in [2.45, 2.75) is 32.8 Å². The van der Waals surface area contributed by atoms with Gasteiger partial charge in [-0.1, -0.05) is 18.5 Å². The van der Waals surface area contributed by atoms with E-state index in [-0.39, 0.29) is 18.0 Å². The highest BCUT2D eigenvalue weighted by Crippen LogP contribution is 2.32. The van der Waals surface area contributed by atoms with Gasteiger partial charge in [-0.05, 0) is 67.1 Å². The molecule has 2 aromatic heterocycles. The predicted molar refractivity (Wildman–Crippen MR) is 116 cm³/mol. The molecule has 152 valence electrons. The van der Waals surface area contributed by atoms with Gasteiger partial charge in [-0.15, -0.1) is 0 Å². The maximum atomic E-state index is 12.6. The largest absolute Gasteiger partial charge is 0.454 e. The molecule has 0 spiro atoms. The highest BCUT2D eigenvalue weighted by Gasteiger charge is 2.21. The number of esters is 1. The molecule has 1 aliphatic carbocycles. The zero-order chi connectivity index (χ0) is 20.8. The van der Waals surface area contributed by atoms with E-state index in [9.17, 15) is 9.59 Å². The number of fused-ring (bicyclic) bond motifs is 4. The Labute approximate surface area is 177 Å². The molecule has 1 atom stereocenters. The van der Waals surface area contributed by atoms with Crippen molar-refractivity contribution in [1.29, 1.82) is 0 Å². The number of hydrogen-bond donors (Lipinski definition) is 2. The average Bonchev–Trinajstić information content (AvgIpc) is 3.08. The monoisotopic (exact) mass is 421 g/mol. The van der Waals surface area contributed by atoms with Crippen molar-refractivity contribution in [3.8, 4) is 0 Å². The van der Waals surface area contributed by atoms with Crippen molar-refractivity contribution in [3.63, 3.8) is 0 Å². The summed E-state index contributed by atoms with van der Waals surface area (Å²) in [5, 5.41) is 2.00. The molecule has 0 radical (unpaired) electrons. The topological polar surface area (TPSA) is 87.8 Å². The second-order valence-electron chi connectivity index (χ2n) is 7.94. The molecule has 0 bridgehead atoms. The summed E-state index contributed by atoms with van der Waals surface area (Å²) in [7, 11) is 0. The van der Waals surface area contributed by atoms with E-state index in [4.69, 9.17) is 16.3 Å². The molecule has 30 heavy (non-hydrogen) atoms. The lowest BCUT2D eigenvalue weighted by Gasteiger charge is -2.18. The summed E-state index contributed by atoms with van der Waals surface area (Å²) < 4.78 is 5.42. The summed E-state index contributed by atoms with van der Waals surface area (Å²) in [6.45, 7) is 2.13. The number of H-pyrrole nitrogens is 2. The van der Waals surface area contributed by atoms with Gasteiger partial charge in [-0.25, -0.2) is 9.78 Å². The van der Waals surface area contributed by atoms with E-state index in [1.165, 1.54) is 17.7 Å². The number of aromatic nitrogens is 3. The van der Waals surface area contributed by atoms with Crippen LogP contribution in [0.4, 0.5) is 0 Å². The van der Waals surface area contributed by atoms with Crippen LogP contribution < -0.4 is 5.56 Å². The molecule has 2 aromatic carbocycles. The molecule has 0 aliphatic heterocycles. The van der Waals surface area contributed by atoms with Crippen LogP contribution in [0, 0.1) is 5.92 Å². The van der Waals surface area contributed by atoms with Gasteiger partial charge in [0.15, 0.2) is 0 Å². The summed E-state index contributed by atoms with van der Waals surface area (Å²) in [5.41, 5.74) is 4.27. The van der Waals surface area contributed by atoms with Crippen molar-refractivity contribution in [3.05, 3.63) is 74.4 Å². The van der Waals surface area contributed by atoms with Crippen LogP contribution in [-0.4, -0.2) is 20.9 Å². The molecule has 0 saturated carbocycles. The predicted octanol–water partition coefficient (Wildman–Crippen LogP) is 4.54. The number of nitrogens with zero attached hydrogens (tertiary/aromatic N) is 1. The smallest absolute Gasteiger partial charge is 0.338 e. The highest BCUT2D eigenvalue weighted by atomic mass is 35.5. The number of rotatable bonds is 3. The normalized spacial score (nSPS) is 16.0. The minimum absolute atomic E-state index is 0.128. The zero-order valence-corrected chi connectivity index (χ0v) is 17.2. The third kappa shape index (κ3) is 3.37. The number of ether oxygens (including phenoxy) is 1. The van der Waals surface area contributed by atoms with E-state index in [0.717, 1.165) is 23.7 Å². The first-order chi connectivity index (χ1) is 14.5. The van der Waals surface area contributed by atoms with Crippen molar-refractivity contribution in [2.24, 2.45) is 5.92 Å². The van der Waals surface area contributed by atoms with Gasteiger partial charge in [0.2, 0.25) is 0 Å². The first kappa shape index (κ1) is 18.9. The maximum Gasteiger partial charge on any atom is 0.338 e. The molecule has 0 amide bonds. The molecule has 2 N–H and O–H groups in total. The SMILES string of the molecule is CC1CCc2[nH]c3ccc(C(=O)OCc4nc5cc(Cl)ccc5c(=O)[nH]4)cc3c2C1. The number of carbonyl (C=O) groups is 1. The number of nitrogens with one attached hydrogen (secondary N) is 2. The number of benzene rings is 2. The van der Waals surface area contributed by atoms with E-state index in [0.29, 0.717) is 27.4 Å². The number of hydrogen-bond acceptors (Lipinski definition) is 4. The van der Waals surface area contributed by atoms with Crippen LogP contribution >= 0.6 is 11.6 Å².